The van der Waals surface area contributed by atoms with Gasteiger partial charge >= 0.3 is 5.97 Å². The summed E-state index contributed by atoms with van der Waals surface area (Å²) in [6.45, 7) is 2.00. The molecule has 0 amide bonds. The van der Waals surface area contributed by atoms with E-state index in [4.69, 9.17) is 9.47 Å². The zero-order chi connectivity index (χ0) is 11.3. The Kier molecular flexibility index (Phi) is 4.12. The number of phenolic OH excluding ortho intramolecular Hbond substituents is 1. The smallest absolute Gasteiger partial charge is 0.340 e. The van der Waals surface area contributed by atoms with Crippen molar-refractivity contribution < 1.29 is 19.4 Å². The molecule has 0 aliphatic carbocycles. The van der Waals surface area contributed by atoms with Crippen molar-refractivity contribution in [3.05, 3.63) is 29.8 Å². The first-order valence-electron chi connectivity index (χ1n) is 4.68. The molecule has 82 valence electrons. The average Bonchev–Trinajstić information content (AvgIpc) is 2.22. The number of carbonyl (C=O) groups excluding carboxylic acids is 1. The van der Waals surface area contributed by atoms with Crippen LogP contribution in [0.3, 0.4) is 0 Å². The molecule has 0 fully saturated rings. The van der Waals surface area contributed by atoms with Crippen molar-refractivity contribution in [2.24, 2.45) is 0 Å². The van der Waals surface area contributed by atoms with Crippen LogP contribution >= 0.6 is 0 Å². The maximum absolute atomic E-state index is 11.5. The Balaban J connectivity index is 2.92. The minimum atomic E-state index is -0.869. The average molecular weight is 210 g/mol. The number of hydrogen-bond acceptors (Lipinski definition) is 4. The lowest BCUT2D eigenvalue weighted by molar-refractivity contribution is -0.155. The van der Waals surface area contributed by atoms with Gasteiger partial charge in [0.15, 0.2) is 6.10 Å². The quantitative estimate of drug-likeness (QED) is 0.767. The summed E-state index contributed by atoms with van der Waals surface area (Å²) in [4.78, 5) is 11.5. The minimum Gasteiger partial charge on any atom is -0.508 e. The molecule has 0 saturated carbocycles. The summed E-state index contributed by atoms with van der Waals surface area (Å²) in [7, 11) is 1.40. The first-order valence-corrected chi connectivity index (χ1v) is 4.68. The molecule has 1 N–H and O–H groups in total. The number of hydrogen-bond donors (Lipinski definition) is 1. The van der Waals surface area contributed by atoms with E-state index in [2.05, 4.69) is 0 Å². The molecule has 0 heterocycles. The van der Waals surface area contributed by atoms with Crippen LogP contribution in [0.15, 0.2) is 24.3 Å². The number of ether oxygens (including phenoxy) is 2. The van der Waals surface area contributed by atoms with Crippen molar-refractivity contribution in [3.63, 3.8) is 0 Å². The van der Waals surface area contributed by atoms with Gasteiger partial charge in [-0.3, -0.25) is 0 Å². The van der Waals surface area contributed by atoms with E-state index in [-0.39, 0.29) is 12.4 Å². The van der Waals surface area contributed by atoms with Gasteiger partial charge in [0, 0.05) is 12.7 Å². The molecule has 0 spiro atoms. The van der Waals surface area contributed by atoms with Crippen LogP contribution in [0, 0.1) is 0 Å². The molecule has 1 rings (SSSR count). The first-order chi connectivity index (χ1) is 7.20. The van der Waals surface area contributed by atoms with Gasteiger partial charge in [-0.15, -0.1) is 0 Å². The first kappa shape index (κ1) is 11.5. The summed E-state index contributed by atoms with van der Waals surface area (Å²) in [6.07, 6.45) is -0.869. The Morgan fingerprint density at radius 3 is 2.67 bits per heavy atom. The molecular formula is C11H14O4. The minimum absolute atomic E-state index is 0.0254. The molecule has 1 aromatic carbocycles. The van der Waals surface area contributed by atoms with Gasteiger partial charge in [-0.1, -0.05) is 18.2 Å². The van der Waals surface area contributed by atoms with Crippen LogP contribution in [-0.4, -0.2) is 24.8 Å². The molecule has 4 heteroatoms. The fraction of sp³-hybridized carbons (Fsp3) is 0.364. The zero-order valence-corrected chi connectivity index (χ0v) is 8.77. The molecular weight excluding hydrogens is 196 g/mol. The lowest BCUT2D eigenvalue weighted by atomic mass is 10.1. The number of phenols is 1. The Morgan fingerprint density at radius 2 is 2.13 bits per heavy atom. The number of benzene rings is 1. The largest absolute Gasteiger partial charge is 0.508 e. The van der Waals surface area contributed by atoms with E-state index in [9.17, 15) is 9.90 Å². The lowest BCUT2D eigenvalue weighted by Gasteiger charge is -2.14. The Hall–Kier alpha value is -1.55. The molecule has 0 aromatic heterocycles. The third-order valence-electron chi connectivity index (χ3n) is 1.96. The van der Waals surface area contributed by atoms with Crippen molar-refractivity contribution in [2.45, 2.75) is 13.0 Å². The predicted molar refractivity (Wildman–Crippen MR) is 54.5 cm³/mol. The SMILES string of the molecule is CCOC(=O)C(OC)c1ccccc1O. The van der Waals surface area contributed by atoms with Crippen molar-refractivity contribution >= 4 is 5.97 Å². The molecule has 0 bridgehead atoms. The Bertz CT molecular complexity index is 335. The molecule has 1 unspecified atom stereocenters. The van der Waals surface area contributed by atoms with Crippen molar-refractivity contribution in [2.75, 3.05) is 13.7 Å². The highest BCUT2D eigenvalue weighted by Gasteiger charge is 2.23. The molecule has 0 aliphatic rings. The van der Waals surface area contributed by atoms with Crippen LogP contribution in [-0.2, 0) is 14.3 Å². The van der Waals surface area contributed by atoms with Gasteiger partial charge < -0.3 is 14.6 Å². The topological polar surface area (TPSA) is 55.8 Å². The third-order valence-corrected chi connectivity index (χ3v) is 1.96. The van der Waals surface area contributed by atoms with Crippen LogP contribution in [0.4, 0.5) is 0 Å². The number of methoxy groups -OCH3 is 1. The summed E-state index contributed by atoms with van der Waals surface area (Å²) >= 11 is 0. The van der Waals surface area contributed by atoms with Gasteiger partial charge in [-0.2, -0.15) is 0 Å². The Labute approximate surface area is 88.4 Å². The standard InChI is InChI=1S/C11H14O4/c1-3-15-11(13)10(14-2)8-6-4-5-7-9(8)12/h4-7,10,12H,3H2,1-2H3. The van der Waals surface area contributed by atoms with Crippen molar-refractivity contribution in [3.8, 4) is 5.75 Å². The van der Waals surface area contributed by atoms with Gasteiger partial charge in [0.25, 0.3) is 0 Å². The summed E-state index contributed by atoms with van der Waals surface area (Å²) in [5.41, 5.74) is 0.415. The maximum atomic E-state index is 11.5. The van der Waals surface area contributed by atoms with Crippen LogP contribution < -0.4 is 0 Å². The van der Waals surface area contributed by atoms with Gasteiger partial charge in [0.2, 0.25) is 0 Å². The highest BCUT2D eigenvalue weighted by Crippen LogP contribution is 2.26. The monoisotopic (exact) mass is 210 g/mol. The Morgan fingerprint density at radius 1 is 1.47 bits per heavy atom. The van der Waals surface area contributed by atoms with E-state index >= 15 is 0 Å². The molecule has 15 heavy (non-hydrogen) atoms. The summed E-state index contributed by atoms with van der Waals surface area (Å²) in [5.74, 6) is -0.473. The van der Waals surface area contributed by atoms with E-state index in [1.807, 2.05) is 0 Å². The zero-order valence-electron chi connectivity index (χ0n) is 8.77. The summed E-state index contributed by atoms with van der Waals surface area (Å²) in [5, 5.41) is 9.54. The highest BCUT2D eigenvalue weighted by atomic mass is 16.6. The number of esters is 1. The van der Waals surface area contributed by atoms with E-state index in [0.717, 1.165) is 0 Å². The van der Waals surface area contributed by atoms with Crippen molar-refractivity contribution in [1.29, 1.82) is 0 Å². The lowest BCUT2D eigenvalue weighted by Crippen LogP contribution is -2.17. The predicted octanol–water partition coefficient (Wildman–Crippen LogP) is 1.64. The second-order valence-electron chi connectivity index (χ2n) is 2.93. The molecule has 4 nitrogen and oxygen atoms in total. The van der Waals surface area contributed by atoms with Crippen LogP contribution in [0.2, 0.25) is 0 Å². The summed E-state index contributed by atoms with van der Waals surface area (Å²) in [6, 6.07) is 6.53. The number of carbonyl (C=O) groups is 1. The highest BCUT2D eigenvalue weighted by molar-refractivity contribution is 5.77. The number of para-hydroxylation sites is 1. The number of rotatable bonds is 4. The third kappa shape index (κ3) is 2.70. The van der Waals surface area contributed by atoms with E-state index in [1.54, 1.807) is 25.1 Å². The van der Waals surface area contributed by atoms with Crippen LogP contribution in [0.25, 0.3) is 0 Å². The van der Waals surface area contributed by atoms with E-state index < -0.39 is 12.1 Å². The summed E-state index contributed by atoms with van der Waals surface area (Å²) < 4.78 is 9.83. The fourth-order valence-electron chi connectivity index (χ4n) is 1.28. The number of aromatic hydroxyl groups is 1. The molecule has 0 aliphatic heterocycles. The molecule has 1 aromatic rings. The molecule has 0 radical (unpaired) electrons. The maximum Gasteiger partial charge on any atom is 0.340 e. The fourth-order valence-corrected chi connectivity index (χ4v) is 1.28. The van der Waals surface area contributed by atoms with Crippen LogP contribution in [0.1, 0.15) is 18.6 Å². The molecule has 0 saturated heterocycles. The van der Waals surface area contributed by atoms with Crippen molar-refractivity contribution in [1.82, 2.24) is 0 Å². The van der Waals surface area contributed by atoms with Gasteiger partial charge in [-0.05, 0) is 13.0 Å². The van der Waals surface area contributed by atoms with E-state index in [0.29, 0.717) is 5.56 Å². The second kappa shape index (κ2) is 5.36. The second-order valence-corrected chi connectivity index (χ2v) is 2.93. The van der Waals surface area contributed by atoms with Gasteiger partial charge in [0.05, 0.1) is 6.61 Å². The molecule has 1 atom stereocenters. The van der Waals surface area contributed by atoms with Gasteiger partial charge in [-0.25, -0.2) is 4.79 Å². The van der Waals surface area contributed by atoms with Gasteiger partial charge in [0.1, 0.15) is 5.75 Å². The van der Waals surface area contributed by atoms with Crippen LogP contribution in [0.5, 0.6) is 5.75 Å². The normalized spacial score (nSPS) is 12.1. The van der Waals surface area contributed by atoms with E-state index in [1.165, 1.54) is 13.2 Å².